The van der Waals surface area contributed by atoms with Crippen molar-refractivity contribution in [3.8, 4) is 0 Å². The van der Waals surface area contributed by atoms with Gasteiger partial charge in [-0.1, -0.05) is 16.8 Å². The summed E-state index contributed by atoms with van der Waals surface area (Å²) in [5.41, 5.74) is 0. The van der Waals surface area contributed by atoms with E-state index >= 15 is 0 Å². The summed E-state index contributed by atoms with van der Waals surface area (Å²) in [5, 5.41) is 7.06. The lowest BCUT2D eigenvalue weighted by molar-refractivity contribution is 0.128. The maximum absolute atomic E-state index is 5.89. The zero-order valence-electron chi connectivity index (χ0n) is 9.76. The monoisotopic (exact) mass is 269 g/mol. The van der Waals surface area contributed by atoms with Crippen molar-refractivity contribution in [3.05, 3.63) is 29.3 Å². The Kier molecular flexibility index (Phi) is 4.43. The van der Waals surface area contributed by atoms with Gasteiger partial charge in [-0.3, -0.25) is 0 Å². The second kappa shape index (κ2) is 6.27. The molecule has 0 aliphatic carbocycles. The van der Waals surface area contributed by atoms with Crippen LogP contribution in [-0.4, -0.2) is 26.7 Å². The summed E-state index contributed by atoms with van der Waals surface area (Å²) >= 11 is 5.89. The van der Waals surface area contributed by atoms with Crippen molar-refractivity contribution in [1.82, 2.24) is 20.1 Å². The molecule has 0 amide bonds. The summed E-state index contributed by atoms with van der Waals surface area (Å²) in [6.45, 7) is 3.23. The van der Waals surface area contributed by atoms with Crippen LogP contribution in [0.25, 0.3) is 0 Å². The molecule has 0 unspecified atom stereocenters. The van der Waals surface area contributed by atoms with E-state index in [2.05, 4.69) is 29.9 Å². The van der Waals surface area contributed by atoms with Gasteiger partial charge in [0.05, 0.1) is 6.54 Å². The highest BCUT2D eigenvalue weighted by molar-refractivity contribution is 6.29. The van der Waals surface area contributed by atoms with Gasteiger partial charge in [0.1, 0.15) is 17.6 Å². The Labute approximate surface area is 109 Å². The minimum Gasteiger partial charge on any atom is -0.374 e. The maximum Gasteiger partial charge on any atom is 0.213 e. The Morgan fingerprint density at radius 3 is 3.00 bits per heavy atom. The molecule has 0 aromatic carbocycles. The number of nitrogens with one attached hydrogen (secondary N) is 1. The van der Waals surface area contributed by atoms with Crippen LogP contribution < -0.4 is 5.32 Å². The van der Waals surface area contributed by atoms with Crippen LogP contribution in [-0.2, 0) is 17.9 Å². The quantitative estimate of drug-likeness (QED) is 0.798. The van der Waals surface area contributed by atoms with Crippen LogP contribution in [0.1, 0.15) is 18.6 Å². The molecule has 18 heavy (non-hydrogen) atoms. The minimum absolute atomic E-state index is 0.327. The Bertz CT molecular complexity index is 491. The molecule has 8 heteroatoms. The smallest absolute Gasteiger partial charge is 0.213 e. The van der Waals surface area contributed by atoms with E-state index in [-0.39, 0.29) is 0 Å². The topological polar surface area (TPSA) is 86.0 Å². The molecule has 7 nitrogen and oxygen atoms in total. The van der Waals surface area contributed by atoms with Crippen molar-refractivity contribution in [2.45, 2.75) is 20.1 Å². The molecule has 1 N–H and O–H groups in total. The third kappa shape index (κ3) is 3.64. The number of rotatable bonds is 6. The first-order chi connectivity index (χ1) is 8.78. The molecule has 2 heterocycles. The van der Waals surface area contributed by atoms with Gasteiger partial charge in [0.25, 0.3) is 0 Å². The Morgan fingerprint density at radius 1 is 1.39 bits per heavy atom. The first-order valence-corrected chi connectivity index (χ1v) is 5.76. The van der Waals surface area contributed by atoms with Gasteiger partial charge in [0, 0.05) is 12.7 Å². The molecular weight excluding hydrogens is 258 g/mol. The summed E-state index contributed by atoms with van der Waals surface area (Å²) in [6, 6.07) is 1.62. The summed E-state index contributed by atoms with van der Waals surface area (Å²) in [5.74, 6) is 1.66. The third-order valence-corrected chi connectivity index (χ3v) is 2.20. The molecule has 0 aliphatic heterocycles. The molecule has 0 aliphatic rings. The van der Waals surface area contributed by atoms with E-state index in [1.165, 1.54) is 6.39 Å². The first-order valence-electron chi connectivity index (χ1n) is 5.38. The molecule has 2 aromatic heterocycles. The van der Waals surface area contributed by atoms with Crippen LogP contribution in [0, 0.1) is 0 Å². The molecule has 0 fully saturated rings. The standard InChI is InChI=1S/C10H12ClN5O2/c1-2-17-5-10-14-7(11)3-8(15-10)12-4-9-13-6-18-16-9/h3,6H,2,4-5H2,1H3,(H,12,14,15). The van der Waals surface area contributed by atoms with Gasteiger partial charge in [-0.15, -0.1) is 0 Å². The van der Waals surface area contributed by atoms with Crippen molar-refractivity contribution in [2.24, 2.45) is 0 Å². The third-order valence-electron chi connectivity index (χ3n) is 2.01. The lowest BCUT2D eigenvalue weighted by atomic mass is 10.5. The van der Waals surface area contributed by atoms with E-state index < -0.39 is 0 Å². The molecule has 0 atom stereocenters. The molecule has 0 spiro atoms. The van der Waals surface area contributed by atoms with Crippen LogP contribution in [0.5, 0.6) is 0 Å². The van der Waals surface area contributed by atoms with E-state index in [0.29, 0.717) is 42.4 Å². The van der Waals surface area contributed by atoms with Crippen LogP contribution in [0.4, 0.5) is 5.82 Å². The lowest BCUT2D eigenvalue weighted by Crippen LogP contribution is -2.06. The summed E-state index contributed by atoms with van der Waals surface area (Å²) in [4.78, 5) is 12.2. The fourth-order valence-corrected chi connectivity index (χ4v) is 1.45. The van der Waals surface area contributed by atoms with E-state index in [4.69, 9.17) is 16.3 Å². The highest BCUT2D eigenvalue weighted by atomic mass is 35.5. The highest BCUT2D eigenvalue weighted by Crippen LogP contribution is 2.12. The van der Waals surface area contributed by atoms with Gasteiger partial charge < -0.3 is 14.6 Å². The number of ether oxygens (including phenoxy) is 1. The van der Waals surface area contributed by atoms with E-state index in [1.54, 1.807) is 6.07 Å². The second-order valence-electron chi connectivity index (χ2n) is 3.33. The highest BCUT2D eigenvalue weighted by Gasteiger charge is 2.04. The number of aromatic nitrogens is 4. The van der Waals surface area contributed by atoms with Gasteiger partial charge in [-0.25, -0.2) is 9.97 Å². The number of hydrogen-bond donors (Lipinski definition) is 1. The van der Waals surface area contributed by atoms with Gasteiger partial charge in [0.15, 0.2) is 11.6 Å². The van der Waals surface area contributed by atoms with Crippen molar-refractivity contribution in [3.63, 3.8) is 0 Å². The maximum atomic E-state index is 5.89. The van der Waals surface area contributed by atoms with Crippen LogP contribution in [0.2, 0.25) is 5.15 Å². The van der Waals surface area contributed by atoms with Gasteiger partial charge in [-0.05, 0) is 6.92 Å². The van der Waals surface area contributed by atoms with Crippen LogP contribution in [0.15, 0.2) is 17.0 Å². The van der Waals surface area contributed by atoms with E-state index in [1.807, 2.05) is 6.92 Å². The molecule has 0 bridgehead atoms. The van der Waals surface area contributed by atoms with Gasteiger partial charge in [0.2, 0.25) is 6.39 Å². The first kappa shape index (κ1) is 12.7. The summed E-state index contributed by atoms with van der Waals surface area (Å²) in [6.07, 6.45) is 1.27. The predicted molar refractivity (Wildman–Crippen MR) is 64.0 cm³/mol. The predicted octanol–water partition coefficient (Wildman–Crippen LogP) is 1.66. The largest absolute Gasteiger partial charge is 0.374 e. The Hall–Kier alpha value is -1.73. The van der Waals surface area contributed by atoms with Crippen LogP contribution >= 0.6 is 11.6 Å². The number of nitrogens with zero attached hydrogens (tertiary/aromatic N) is 4. The molecule has 0 saturated carbocycles. The second-order valence-corrected chi connectivity index (χ2v) is 3.72. The normalized spacial score (nSPS) is 10.6. The minimum atomic E-state index is 0.327. The van der Waals surface area contributed by atoms with Gasteiger partial charge in [-0.2, -0.15) is 4.98 Å². The number of halogens is 1. The number of hydrogen-bond acceptors (Lipinski definition) is 7. The molecule has 0 saturated heterocycles. The van der Waals surface area contributed by atoms with Crippen molar-refractivity contribution in [2.75, 3.05) is 11.9 Å². The van der Waals surface area contributed by atoms with Crippen molar-refractivity contribution >= 4 is 17.4 Å². The fraction of sp³-hybridized carbons (Fsp3) is 0.400. The van der Waals surface area contributed by atoms with Crippen molar-refractivity contribution in [1.29, 1.82) is 0 Å². The molecule has 0 radical (unpaired) electrons. The fourth-order valence-electron chi connectivity index (χ4n) is 1.25. The van der Waals surface area contributed by atoms with Crippen LogP contribution in [0.3, 0.4) is 0 Å². The number of anilines is 1. The molecule has 96 valence electrons. The Morgan fingerprint density at radius 2 is 2.28 bits per heavy atom. The zero-order valence-corrected chi connectivity index (χ0v) is 10.5. The average Bonchev–Trinajstić information content (AvgIpc) is 2.86. The van der Waals surface area contributed by atoms with Gasteiger partial charge >= 0.3 is 0 Å². The Balaban J connectivity index is 2.00. The lowest BCUT2D eigenvalue weighted by Gasteiger charge is -2.06. The average molecular weight is 270 g/mol. The van der Waals surface area contributed by atoms with E-state index in [0.717, 1.165) is 0 Å². The SMILES string of the molecule is CCOCc1nc(Cl)cc(NCc2ncon2)n1. The molecular formula is C10H12ClN5O2. The zero-order chi connectivity index (χ0) is 12.8. The molecule has 2 aromatic rings. The summed E-state index contributed by atoms with van der Waals surface area (Å²) in [7, 11) is 0. The summed E-state index contributed by atoms with van der Waals surface area (Å²) < 4.78 is 9.85. The van der Waals surface area contributed by atoms with Crippen molar-refractivity contribution < 1.29 is 9.26 Å². The molecule has 2 rings (SSSR count). The van der Waals surface area contributed by atoms with E-state index in [9.17, 15) is 0 Å².